The van der Waals surface area contributed by atoms with Crippen LogP contribution in [0.3, 0.4) is 0 Å². The Bertz CT molecular complexity index is 439. The number of phenolic OH excluding ortho intramolecular Hbond substituents is 2. The Hall–Kier alpha value is -1.89. The van der Waals surface area contributed by atoms with Gasteiger partial charge in [0.15, 0.2) is 0 Å². The maximum Gasteiger partial charge on any atom is 0.283 e. The second-order valence-electron chi connectivity index (χ2n) is 6.49. The molecule has 0 aliphatic carbocycles. The molecule has 106 valence electrons. The van der Waals surface area contributed by atoms with Crippen LogP contribution < -0.4 is 0 Å². The summed E-state index contributed by atoms with van der Waals surface area (Å²) in [7, 11) is 0. The molecule has 1 rings (SSSR count). The van der Waals surface area contributed by atoms with E-state index in [-0.39, 0.29) is 16.6 Å². The number of hydrogen-bond donors (Lipinski definition) is 3. The van der Waals surface area contributed by atoms with Gasteiger partial charge in [-0.25, -0.2) is 0 Å². The Morgan fingerprint density at radius 2 is 1.16 bits per heavy atom. The minimum atomic E-state index is -0.178. The van der Waals surface area contributed by atoms with Gasteiger partial charge in [0.2, 0.25) is 0 Å². The number of phenols is 2. The third-order valence-electron chi connectivity index (χ3n) is 2.71. The number of aliphatic hydroxyl groups excluding tert-OH is 1. The second-order valence-corrected chi connectivity index (χ2v) is 6.49. The number of rotatable bonds is 0. The maximum atomic E-state index is 10.3. The van der Waals surface area contributed by atoms with E-state index in [2.05, 4.69) is 0 Å². The molecule has 0 amide bonds. The summed E-state index contributed by atoms with van der Waals surface area (Å²) < 4.78 is 0. The average molecular weight is 265 g/mol. The number of aromatic hydroxyl groups is 2. The van der Waals surface area contributed by atoms with Crippen LogP contribution in [0.2, 0.25) is 0 Å². The monoisotopic (exact) mass is 265 g/mol. The predicted octanol–water partition coefficient (Wildman–Crippen LogP) is 3.53. The quantitative estimate of drug-likeness (QED) is 0.495. The highest BCUT2D eigenvalue weighted by molar-refractivity contribution is 5.51. The van der Waals surface area contributed by atoms with E-state index < -0.39 is 0 Å². The first-order chi connectivity index (χ1) is 8.45. The molecule has 0 atom stereocenters. The Kier molecular flexibility index (Phi) is 5.25. The van der Waals surface area contributed by atoms with Crippen molar-refractivity contribution in [3.63, 3.8) is 0 Å². The Morgan fingerprint density at radius 1 is 0.895 bits per heavy atom. The first-order valence-electron chi connectivity index (χ1n) is 6.05. The zero-order valence-electron chi connectivity index (χ0n) is 12.4. The highest BCUT2D eigenvalue weighted by atomic mass is 16.3. The highest BCUT2D eigenvalue weighted by Gasteiger charge is 2.26. The van der Waals surface area contributed by atoms with Crippen molar-refractivity contribution in [2.45, 2.75) is 52.4 Å². The summed E-state index contributed by atoms with van der Waals surface area (Å²) in [4.78, 5) is 0. The summed E-state index contributed by atoms with van der Waals surface area (Å²) >= 11 is 0. The number of aliphatic hydroxyl groups is 1. The zero-order chi connectivity index (χ0) is 15.4. The van der Waals surface area contributed by atoms with Gasteiger partial charge in [0.05, 0.1) is 0 Å². The summed E-state index contributed by atoms with van der Waals surface area (Å²) in [6.07, 6.45) is 0.750. The molecule has 0 saturated heterocycles. The van der Waals surface area contributed by atoms with Gasteiger partial charge in [0.25, 0.3) is 6.26 Å². The van der Waals surface area contributed by atoms with Gasteiger partial charge in [-0.15, -0.1) is 0 Å². The van der Waals surface area contributed by atoms with E-state index in [1.54, 1.807) is 12.1 Å². The molecule has 0 spiro atoms. The number of hydrogen-bond acceptors (Lipinski definition) is 4. The van der Waals surface area contributed by atoms with E-state index in [0.29, 0.717) is 5.75 Å². The molecule has 4 nitrogen and oxygen atoms in total. The molecule has 0 aliphatic heterocycles. The zero-order valence-corrected chi connectivity index (χ0v) is 12.4. The predicted molar refractivity (Wildman–Crippen MR) is 74.7 cm³/mol. The van der Waals surface area contributed by atoms with Gasteiger partial charge >= 0.3 is 0 Å². The van der Waals surface area contributed by atoms with Crippen molar-refractivity contribution in [1.29, 1.82) is 5.26 Å². The second kappa shape index (κ2) is 5.83. The molecule has 0 unspecified atom stereocenters. The van der Waals surface area contributed by atoms with Crippen molar-refractivity contribution in [2.75, 3.05) is 0 Å². The number of nitriles is 1. The molecule has 0 bridgehead atoms. The van der Waals surface area contributed by atoms with Crippen LogP contribution in [0.1, 0.15) is 52.7 Å². The van der Waals surface area contributed by atoms with Crippen LogP contribution in [0.5, 0.6) is 11.5 Å². The lowest BCUT2D eigenvalue weighted by molar-refractivity contribution is 0.413. The molecule has 4 heteroatoms. The van der Waals surface area contributed by atoms with Crippen LogP contribution in [0.25, 0.3) is 0 Å². The summed E-state index contributed by atoms with van der Waals surface area (Å²) in [6.45, 7) is 12.1. The van der Waals surface area contributed by atoms with E-state index in [4.69, 9.17) is 10.4 Å². The fourth-order valence-electron chi connectivity index (χ4n) is 1.76. The maximum absolute atomic E-state index is 10.3. The van der Waals surface area contributed by atoms with E-state index >= 15 is 0 Å². The van der Waals surface area contributed by atoms with Gasteiger partial charge in [-0.2, -0.15) is 5.26 Å². The molecule has 0 aliphatic rings. The normalized spacial score (nSPS) is 11.2. The van der Waals surface area contributed by atoms with Crippen LogP contribution >= 0.6 is 0 Å². The van der Waals surface area contributed by atoms with E-state index in [1.165, 1.54) is 0 Å². The standard InChI is InChI=1S/C14H22O2.CHNO/c1-13(2,3)10-7-9(15)8-11(12(10)16)14(4,5)6;2-1-3/h7-8,15-16H,1-6H3;3H. The molecule has 0 aromatic heterocycles. The van der Waals surface area contributed by atoms with Gasteiger partial charge in [-0.3, -0.25) is 0 Å². The smallest absolute Gasteiger partial charge is 0.283 e. The molecule has 1 aromatic rings. The Labute approximate surface area is 114 Å². The van der Waals surface area contributed by atoms with Crippen molar-refractivity contribution in [3.05, 3.63) is 23.3 Å². The summed E-state index contributed by atoms with van der Waals surface area (Å²) in [5, 5.41) is 33.8. The minimum Gasteiger partial charge on any atom is -0.508 e. The van der Waals surface area contributed by atoms with Crippen LogP contribution in [-0.2, 0) is 10.8 Å². The largest absolute Gasteiger partial charge is 0.508 e. The van der Waals surface area contributed by atoms with Crippen molar-refractivity contribution >= 4 is 0 Å². The highest BCUT2D eigenvalue weighted by Crippen LogP contribution is 2.41. The fourth-order valence-corrected chi connectivity index (χ4v) is 1.76. The van der Waals surface area contributed by atoms with E-state index in [9.17, 15) is 10.2 Å². The SMILES string of the molecule is CC(C)(C)c1cc(O)cc(C(C)(C)C)c1O.N#CO. The molecule has 0 heterocycles. The lowest BCUT2D eigenvalue weighted by Crippen LogP contribution is -2.16. The summed E-state index contributed by atoms with van der Waals surface area (Å²) in [5.41, 5.74) is 1.22. The lowest BCUT2D eigenvalue weighted by atomic mass is 9.79. The summed E-state index contributed by atoms with van der Waals surface area (Å²) in [6, 6.07) is 3.29. The van der Waals surface area contributed by atoms with Crippen molar-refractivity contribution in [2.24, 2.45) is 0 Å². The van der Waals surface area contributed by atoms with Gasteiger partial charge in [0, 0.05) is 11.1 Å². The first kappa shape index (κ1) is 17.1. The van der Waals surface area contributed by atoms with Crippen LogP contribution in [0, 0.1) is 11.5 Å². The molecular weight excluding hydrogens is 242 g/mol. The number of nitrogens with zero attached hydrogens (tertiary/aromatic N) is 1. The van der Waals surface area contributed by atoms with Gasteiger partial charge < -0.3 is 15.3 Å². The molecular formula is C15H23NO3. The third kappa shape index (κ3) is 4.70. The third-order valence-corrected chi connectivity index (χ3v) is 2.71. The van der Waals surface area contributed by atoms with Gasteiger partial charge in [-0.05, 0) is 23.0 Å². The minimum absolute atomic E-state index is 0.178. The summed E-state index contributed by atoms with van der Waals surface area (Å²) in [5.74, 6) is 0.519. The molecule has 0 radical (unpaired) electrons. The lowest BCUT2D eigenvalue weighted by Gasteiger charge is -2.27. The first-order valence-corrected chi connectivity index (χ1v) is 6.05. The average Bonchev–Trinajstić information content (AvgIpc) is 2.19. The van der Waals surface area contributed by atoms with Crippen molar-refractivity contribution in [1.82, 2.24) is 0 Å². The Morgan fingerprint density at radius 3 is 1.37 bits per heavy atom. The molecule has 19 heavy (non-hydrogen) atoms. The molecule has 3 N–H and O–H groups in total. The van der Waals surface area contributed by atoms with E-state index in [1.807, 2.05) is 41.5 Å². The number of benzene rings is 1. The fraction of sp³-hybridized carbons (Fsp3) is 0.533. The van der Waals surface area contributed by atoms with Gasteiger partial charge in [0.1, 0.15) is 11.5 Å². The molecule has 0 fully saturated rings. The molecule has 0 saturated carbocycles. The topological polar surface area (TPSA) is 84.5 Å². The van der Waals surface area contributed by atoms with Crippen molar-refractivity contribution < 1.29 is 15.3 Å². The van der Waals surface area contributed by atoms with Crippen LogP contribution in [0.15, 0.2) is 12.1 Å². The van der Waals surface area contributed by atoms with Gasteiger partial charge in [-0.1, -0.05) is 41.5 Å². The Balaban J connectivity index is 0.000000982. The van der Waals surface area contributed by atoms with Crippen molar-refractivity contribution in [3.8, 4) is 17.8 Å². The van der Waals surface area contributed by atoms with E-state index in [0.717, 1.165) is 17.4 Å². The van der Waals surface area contributed by atoms with Crippen LogP contribution in [0.4, 0.5) is 0 Å². The molecule has 1 aromatic carbocycles. The van der Waals surface area contributed by atoms with Crippen LogP contribution in [-0.4, -0.2) is 15.3 Å².